The van der Waals surface area contributed by atoms with Crippen molar-refractivity contribution in [1.29, 1.82) is 0 Å². The molecule has 4 heterocycles. The Morgan fingerprint density at radius 3 is 2.27 bits per heavy atom. The van der Waals surface area contributed by atoms with E-state index in [0.29, 0.717) is 0 Å². The van der Waals surface area contributed by atoms with Gasteiger partial charge in [-0.1, -0.05) is 66.7 Å². The lowest BCUT2D eigenvalue weighted by Crippen LogP contribution is -1.95. The lowest BCUT2D eigenvalue weighted by Gasteiger charge is -2.11. The highest BCUT2D eigenvalue weighted by atomic mass is 32.1. The number of pyridine rings is 2. The zero-order valence-corrected chi connectivity index (χ0v) is 22.2. The molecule has 0 amide bonds. The molecule has 0 bridgehead atoms. The number of fused-ring (bicyclic) bond motifs is 4. The van der Waals surface area contributed by atoms with Crippen molar-refractivity contribution in [3.05, 3.63) is 134 Å². The molecule has 0 aliphatic heterocycles. The summed E-state index contributed by atoms with van der Waals surface area (Å²) in [6.45, 7) is 0. The maximum atomic E-state index is 4.93. The van der Waals surface area contributed by atoms with E-state index in [-0.39, 0.29) is 0 Å². The third-order valence-electron chi connectivity index (χ3n) is 7.37. The summed E-state index contributed by atoms with van der Waals surface area (Å²) < 4.78 is 3.56. The van der Waals surface area contributed by atoms with Crippen LogP contribution in [0.15, 0.2) is 134 Å². The van der Waals surface area contributed by atoms with E-state index in [2.05, 4.69) is 113 Å². The fourth-order valence-electron chi connectivity index (χ4n) is 5.45. The van der Waals surface area contributed by atoms with Gasteiger partial charge in [0.05, 0.1) is 26.9 Å². The number of rotatable bonds is 4. The third kappa shape index (κ3) is 3.79. The smallest absolute Gasteiger partial charge is 0.124 e. The van der Waals surface area contributed by atoms with E-state index < -0.39 is 0 Å². The predicted octanol–water partition coefficient (Wildman–Crippen LogP) is 9.18. The highest BCUT2D eigenvalue weighted by Crippen LogP contribution is 2.37. The van der Waals surface area contributed by atoms with Gasteiger partial charge in [-0.2, -0.15) is 0 Å². The first-order chi connectivity index (χ1) is 19.8. The number of thiazole rings is 1. The van der Waals surface area contributed by atoms with Crippen LogP contribution in [0.4, 0.5) is 0 Å². The van der Waals surface area contributed by atoms with Crippen LogP contribution in [0, 0.1) is 0 Å². The first kappa shape index (κ1) is 22.8. The molecule has 0 spiro atoms. The average Bonchev–Trinajstić information content (AvgIpc) is 3.61. The second kappa shape index (κ2) is 9.26. The summed E-state index contributed by atoms with van der Waals surface area (Å²) in [5, 5.41) is 3.49. The van der Waals surface area contributed by atoms with Crippen LogP contribution in [0.25, 0.3) is 70.7 Å². The van der Waals surface area contributed by atoms with Crippen molar-refractivity contribution in [2.24, 2.45) is 0 Å². The van der Waals surface area contributed by atoms with Crippen molar-refractivity contribution in [2.45, 2.75) is 0 Å². The lowest BCUT2D eigenvalue weighted by atomic mass is 10.1. The molecule has 4 aromatic carbocycles. The minimum atomic E-state index is 0.936. The Morgan fingerprint density at radius 1 is 0.575 bits per heavy atom. The van der Waals surface area contributed by atoms with E-state index in [1.165, 1.54) is 21.0 Å². The Labute approximate surface area is 234 Å². The molecule has 0 N–H and O–H groups in total. The SMILES string of the molecule is c1cncc(-c2ccc(-c3cccc(-n4c5ccccc5c5ccc(-c6nc7ccccc7s6)cc54)c3)nc2)c1. The van der Waals surface area contributed by atoms with Crippen LogP contribution in [0.3, 0.4) is 0 Å². The molecule has 4 nitrogen and oxygen atoms in total. The van der Waals surface area contributed by atoms with Crippen molar-refractivity contribution in [2.75, 3.05) is 0 Å². The van der Waals surface area contributed by atoms with Gasteiger partial charge in [0, 0.05) is 57.3 Å². The molecule has 8 rings (SSSR count). The van der Waals surface area contributed by atoms with Gasteiger partial charge in [0.1, 0.15) is 5.01 Å². The summed E-state index contributed by atoms with van der Waals surface area (Å²) in [7, 11) is 0. The van der Waals surface area contributed by atoms with Crippen LogP contribution < -0.4 is 0 Å². The fraction of sp³-hybridized carbons (Fsp3) is 0. The Kier molecular flexibility index (Phi) is 5.28. The average molecular weight is 531 g/mol. The number of hydrogen-bond acceptors (Lipinski definition) is 4. The molecule has 0 saturated carbocycles. The quantitative estimate of drug-likeness (QED) is 0.228. The van der Waals surface area contributed by atoms with Crippen molar-refractivity contribution in [3.8, 4) is 38.6 Å². The standard InChI is InChI=1S/C35H22N4S/c1-3-12-32-28(10-1)29-16-14-24(35-38-31-11-2-4-13-34(31)40-35)20-33(29)39(32)27-9-5-7-23(19-27)30-17-15-26(22-37-30)25-8-6-18-36-21-25/h1-22H. The van der Waals surface area contributed by atoms with Gasteiger partial charge in [-0.25, -0.2) is 4.98 Å². The number of nitrogens with zero attached hydrogens (tertiary/aromatic N) is 4. The molecule has 4 aromatic heterocycles. The van der Waals surface area contributed by atoms with Gasteiger partial charge in [0.2, 0.25) is 0 Å². The van der Waals surface area contributed by atoms with Gasteiger partial charge in [0.25, 0.3) is 0 Å². The molecule has 0 fully saturated rings. The molecule has 0 aliphatic carbocycles. The first-order valence-electron chi connectivity index (χ1n) is 13.2. The highest BCUT2D eigenvalue weighted by Gasteiger charge is 2.15. The van der Waals surface area contributed by atoms with E-state index in [9.17, 15) is 0 Å². The molecule has 0 radical (unpaired) electrons. The summed E-state index contributed by atoms with van der Waals surface area (Å²) in [5.41, 5.74) is 9.73. The summed E-state index contributed by atoms with van der Waals surface area (Å²) in [6.07, 6.45) is 5.57. The zero-order chi connectivity index (χ0) is 26.5. The van der Waals surface area contributed by atoms with Crippen LogP contribution in [0.2, 0.25) is 0 Å². The number of benzene rings is 4. The predicted molar refractivity (Wildman–Crippen MR) is 166 cm³/mol. The summed E-state index contributed by atoms with van der Waals surface area (Å²) >= 11 is 1.73. The van der Waals surface area contributed by atoms with Crippen molar-refractivity contribution < 1.29 is 0 Å². The van der Waals surface area contributed by atoms with Crippen molar-refractivity contribution in [1.82, 2.24) is 19.5 Å². The Hall–Kier alpha value is -5.13. The van der Waals surface area contributed by atoms with Crippen LogP contribution in [-0.2, 0) is 0 Å². The summed E-state index contributed by atoms with van der Waals surface area (Å²) in [6, 6.07) is 40.5. The van der Waals surface area contributed by atoms with Crippen LogP contribution in [0.5, 0.6) is 0 Å². The molecular weight excluding hydrogens is 508 g/mol. The monoisotopic (exact) mass is 530 g/mol. The molecule has 0 unspecified atom stereocenters. The number of hydrogen-bond donors (Lipinski definition) is 0. The molecule has 0 saturated heterocycles. The van der Waals surface area contributed by atoms with E-state index in [1.807, 2.05) is 24.5 Å². The Balaban J connectivity index is 1.27. The minimum Gasteiger partial charge on any atom is -0.309 e. The van der Waals surface area contributed by atoms with E-state index >= 15 is 0 Å². The van der Waals surface area contributed by atoms with Gasteiger partial charge >= 0.3 is 0 Å². The van der Waals surface area contributed by atoms with Crippen LogP contribution in [0.1, 0.15) is 0 Å². The normalized spacial score (nSPS) is 11.5. The summed E-state index contributed by atoms with van der Waals surface area (Å²) in [5.74, 6) is 0. The Morgan fingerprint density at radius 2 is 1.40 bits per heavy atom. The summed E-state index contributed by atoms with van der Waals surface area (Å²) in [4.78, 5) is 14.0. The van der Waals surface area contributed by atoms with E-state index in [1.54, 1.807) is 17.5 Å². The first-order valence-corrected chi connectivity index (χ1v) is 14.0. The van der Waals surface area contributed by atoms with Crippen molar-refractivity contribution >= 4 is 43.4 Å². The molecule has 5 heteroatoms. The van der Waals surface area contributed by atoms with Crippen LogP contribution in [-0.4, -0.2) is 19.5 Å². The van der Waals surface area contributed by atoms with Gasteiger partial charge in [-0.05, 0) is 48.5 Å². The van der Waals surface area contributed by atoms with Gasteiger partial charge in [-0.15, -0.1) is 11.3 Å². The molecule has 0 aliphatic rings. The van der Waals surface area contributed by atoms with Gasteiger partial charge < -0.3 is 4.57 Å². The van der Waals surface area contributed by atoms with E-state index in [0.717, 1.165) is 49.7 Å². The maximum Gasteiger partial charge on any atom is 0.124 e. The second-order valence-corrected chi connectivity index (χ2v) is 10.8. The minimum absolute atomic E-state index is 0.936. The molecule has 8 aromatic rings. The Bertz CT molecular complexity index is 2130. The fourth-order valence-corrected chi connectivity index (χ4v) is 6.41. The zero-order valence-electron chi connectivity index (χ0n) is 21.4. The van der Waals surface area contributed by atoms with E-state index in [4.69, 9.17) is 9.97 Å². The second-order valence-electron chi connectivity index (χ2n) is 9.80. The molecule has 40 heavy (non-hydrogen) atoms. The molecule has 188 valence electrons. The topological polar surface area (TPSA) is 43.6 Å². The third-order valence-corrected chi connectivity index (χ3v) is 8.46. The molecule has 0 atom stereocenters. The number of para-hydroxylation sites is 2. The van der Waals surface area contributed by atoms with Crippen LogP contribution >= 0.6 is 11.3 Å². The van der Waals surface area contributed by atoms with Crippen molar-refractivity contribution in [3.63, 3.8) is 0 Å². The maximum absolute atomic E-state index is 4.93. The molecular formula is C35H22N4S. The lowest BCUT2D eigenvalue weighted by molar-refractivity contribution is 1.18. The van der Waals surface area contributed by atoms with Gasteiger partial charge in [0.15, 0.2) is 0 Å². The number of aromatic nitrogens is 4. The largest absolute Gasteiger partial charge is 0.309 e. The highest BCUT2D eigenvalue weighted by molar-refractivity contribution is 7.21. The van der Waals surface area contributed by atoms with Gasteiger partial charge in [-0.3, -0.25) is 9.97 Å².